The van der Waals surface area contributed by atoms with Crippen molar-refractivity contribution in [3.8, 4) is 0 Å². The number of fused-ring (bicyclic) bond motifs is 1. The van der Waals surface area contributed by atoms with E-state index in [1.807, 2.05) is 33.7 Å². The van der Waals surface area contributed by atoms with Crippen LogP contribution in [-0.2, 0) is 4.79 Å². The second kappa shape index (κ2) is 3.73. The number of carboxylic acids is 1. The Balaban J connectivity index is 1.93. The Labute approximate surface area is 97.5 Å². The summed E-state index contributed by atoms with van der Waals surface area (Å²) in [6.45, 7) is 1.22. The Morgan fingerprint density at radius 3 is 3.06 bits per heavy atom. The van der Waals surface area contributed by atoms with Gasteiger partial charge in [0.15, 0.2) is 5.65 Å². The highest BCUT2D eigenvalue weighted by molar-refractivity contribution is 5.71. The number of nitrogens with zero attached hydrogens (tertiary/aromatic N) is 4. The first kappa shape index (κ1) is 10.1. The lowest BCUT2D eigenvalue weighted by Gasteiger charge is -2.14. The molecule has 6 nitrogen and oxygen atoms in total. The van der Waals surface area contributed by atoms with Crippen LogP contribution < -0.4 is 4.90 Å². The van der Waals surface area contributed by atoms with Crippen molar-refractivity contribution in [3.05, 3.63) is 24.4 Å². The van der Waals surface area contributed by atoms with Crippen molar-refractivity contribution in [2.75, 3.05) is 18.0 Å². The lowest BCUT2D eigenvalue weighted by Crippen LogP contribution is -2.24. The van der Waals surface area contributed by atoms with Crippen LogP contribution in [0.2, 0.25) is 0 Å². The predicted molar refractivity (Wildman–Crippen MR) is 60.9 cm³/mol. The fourth-order valence-corrected chi connectivity index (χ4v) is 2.19. The van der Waals surface area contributed by atoms with Gasteiger partial charge in [-0.15, -0.1) is 10.2 Å². The summed E-state index contributed by atoms with van der Waals surface area (Å²) in [7, 11) is 0. The molecule has 0 aliphatic carbocycles. The molecule has 2 aromatic rings. The van der Waals surface area contributed by atoms with E-state index >= 15 is 0 Å². The minimum absolute atomic E-state index is 0.300. The van der Waals surface area contributed by atoms with Gasteiger partial charge >= 0.3 is 5.97 Å². The maximum absolute atomic E-state index is 10.9. The van der Waals surface area contributed by atoms with Crippen LogP contribution >= 0.6 is 0 Å². The average Bonchev–Trinajstić information content (AvgIpc) is 2.95. The van der Waals surface area contributed by atoms with Gasteiger partial charge in [-0.05, 0) is 18.6 Å². The lowest BCUT2D eigenvalue weighted by molar-refractivity contribution is -0.140. The van der Waals surface area contributed by atoms with Crippen molar-refractivity contribution in [2.45, 2.75) is 6.42 Å². The number of aromatic nitrogens is 3. The number of anilines is 1. The van der Waals surface area contributed by atoms with E-state index in [9.17, 15) is 4.79 Å². The van der Waals surface area contributed by atoms with E-state index in [-0.39, 0.29) is 5.92 Å². The molecule has 3 rings (SSSR count). The molecule has 1 atom stereocenters. The first-order valence-electron chi connectivity index (χ1n) is 5.53. The van der Waals surface area contributed by atoms with Crippen molar-refractivity contribution in [1.82, 2.24) is 14.6 Å². The van der Waals surface area contributed by atoms with Crippen molar-refractivity contribution >= 4 is 17.6 Å². The van der Waals surface area contributed by atoms with Crippen LogP contribution in [0.1, 0.15) is 6.42 Å². The van der Waals surface area contributed by atoms with E-state index in [0.717, 1.165) is 11.6 Å². The van der Waals surface area contributed by atoms with Crippen molar-refractivity contribution < 1.29 is 9.90 Å². The number of carbonyl (C=O) groups is 1. The van der Waals surface area contributed by atoms with Crippen LogP contribution in [0.4, 0.5) is 5.95 Å². The Bertz CT molecular complexity index is 565. The van der Waals surface area contributed by atoms with Gasteiger partial charge in [-0.25, -0.2) is 0 Å². The molecular formula is C11H12N4O2. The van der Waals surface area contributed by atoms with Gasteiger partial charge in [0.25, 0.3) is 0 Å². The SMILES string of the molecule is O=C(O)[C@@H]1CCN(c2nnc3ccccn23)C1. The number of pyridine rings is 1. The Morgan fingerprint density at radius 2 is 2.29 bits per heavy atom. The predicted octanol–water partition coefficient (Wildman–Crippen LogP) is 0.640. The lowest BCUT2D eigenvalue weighted by atomic mass is 10.1. The Kier molecular flexibility index (Phi) is 2.21. The molecule has 2 aromatic heterocycles. The van der Waals surface area contributed by atoms with Gasteiger partial charge in [0.2, 0.25) is 5.95 Å². The number of aliphatic carboxylic acids is 1. The molecule has 1 N–H and O–H groups in total. The summed E-state index contributed by atoms with van der Waals surface area (Å²) in [4.78, 5) is 12.9. The van der Waals surface area contributed by atoms with Crippen molar-refractivity contribution in [1.29, 1.82) is 0 Å². The van der Waals surface area contributed by atoms with Gasteiger partial charge in [-0.3, -0.25) is 9.20 Å². The quantitative estimate of drug-likeness (QED) is 0.822. The minimum Gasteiger partial charge on any atom is -0.481 e. The van der Waals surface area contributed by atoms with Crippen LogP contribution in [0.15, 0.2) is 24.4 Å². The van der Waals surface area contributed by atoms with E-state index in [2.05, 4.69) is 10.2 Å². The van der Waals surface area contributed by atoms with Crippen LogP contribution in [0.25, 0.3) is 5.65 Å². The van der Waals surface area contributed by atoms with Crippen LogP contribution in [0.5, 0.6) is 0 Å². The van der Waals surface area contributed by atoms with E-state index in [1.165, 1.54) is 0 Å². The highest BCUT2D eigenvalue weighted by Gasteiger charge is 2.30. The smallest absolute Gasteiger partial charge is 0.308 e. The van der Waals surface area contributed by atoms with E-state index < -0.39 is 5.97 Å². The average molecular weight is 232 g/mol. The molecule has 0 amide bonds. The number of hydrogen-bond acceptors (Lipinski definition) is 4. The molecule has 0 spiro atoms. The molecule has 1 saturated heterocycles. The summed E-state index contributed by atoms with van der Waals surface area (Å²) in [6, 6.07) is 5.68. The number of hydrogen-bond donors (Lipinski definition) is 1. The zero-order chi connectivity index (χ0) is 11.8. The second-order valence-corrected chi connectivity index (χ2v) is 4.20. The number of rotatable bonds is 2. The zero-order valence-corrected chi connectivity index (χ0v) is 9.15. The van der Waals surface area contributed by atoms with Crippen LogP contribution in [-0.4, -0.2) is 38.8 Å². The van der Waals surface area contributed by atoms with Crippen molar-refractivity contribution in [3.63, 3.8) is 0 Å². The summed E-state index contributed by atoms with van der Waals surface area (Å²) >= 11 is 0. The van der Waals surface area contributed by atoms with Crippen molar-refractivity contribution in [2.24, 2.45) is 5.92 Å². The van der Waals surface area contributed by atoms with E-state index in [4.69, 9.17) is 5.11 Å². The monoisotopic (exact) mass is 232 g/mol. The maximum atomic E-state index is 10.9. The second-order valence-electron chi connectivity index (χ2n) is 4.20. The van der Waals surface area contributed by atoms with Gasteiger partial charge in [0.05, 0.1) is 5.92 Å². The molecule has 0 bridgehead atoms. The molecule has 17 heavy (non-hydrogen) atoms. The summed E-state index contributed by atoms with van der Waals surface area (Å²) < 4.78 is 1.88. The third kappa shape index (κ3) is 1.61. The third-order valence-electron chi connectivity index (χ3n) is 3.12. The molecular weight excluding hydrogens is 220 g/mol. The van der Waals surface area contributed by atoms with Gasteiger partial charge in [-0.2, -0.15) is 0 Å². The van der Waals surface area contributed by atoms with Gasteiger partial charge in [0.1, 0.15) is 0 Å². The molecule has 1 aliphatic rings. The van der Waals surface area contributed by atoms with Gasteiger partial charge < -0.3 is 10.0 Å². The standard InChI is InChI=1S/C11H12N4O2/c16-10(17)8-4-6-14(7-8)11-13-12-9-3-1-2-5-15(9)11/h1-3,5,8H,4,6-7H2,(H,16,17)/t8-/m1/s1. The van der Waals surface area contributed by atoms with E-state index in [1.54, 1.807) is 0 Å². The molecule has 6 heteroatoms. The molecule has 0 unspecified atom stereocenters. The molecule has 0 radical (unpaired) electrons. The highest BCUT2D eigenvalue weighted by Crippen LogP contribution is 2.22. The minimum atomic E-state index is -0.735. The summed E-state index contributed by atoms with van der Waals surface area (Å²) in [5, 5.41) is 17.1. The van der Waals surface area contributed by atoms with Crippen LogP contribution in [0, 0.1) is 5.92 Å². The van der Waals surface area contributed by atoms with E-state index in [0.29, 0.717) is 19.5 Å². The molecule has 1 fully saturated rings. The molecule has 3 heterocycles. The zero-order valence-electron chi connectivity index (χ0n) is 9.15. The summed E-state index contributed by atoms with van der Waals surface area (Å²) in [5.41, 5.74) is 0.779. The topological polar surface area (TPSA) is 70.7 Å². The Morgan fingerprint density at radius 1 is 1.41 bits per heavy atom. The van der Waals surface area contributed by atoms with Gasteiger partial charge in [-0.1, -0.05) is 6.07 Å². The molecule has 0 aromatic carbocycles. The largest absolute Gasteiger partial charge is 0.481 e. The normalized spacial score (nSPS) is 20.0. The summed E-state index contributed by atoms with van der Waals surface area (Å²) in [6.07, 6.45) is 2.55. The molecule has 88 valence electrons. The van der Waals surface area contributed by atoms with Crippen LogP contribution in [0.3, 0.4) is 0 Å². The summed E-state index contributed by atoms with van der Waals surface area (Å²) in [5.74, 6) is -0.309. The molecule has 1 aliphatic heterocycles. The first-order chi connectivity index (χ1) is 8.25. The van der Waals surface area contributed by atoms with Gasteiger partial charge in [0, 0.05) is 19.3 Å². The third-order valence-corrected chi connectivity index (χ3v) is 3.12. The molecule has 0 saturated carbocycles. The number of carboxylic acid groups (broad SMARTS) is 1. The first-order valence-corrected chi connectivity index (χ1v) is 5.53. The fourth-order valence-electron chi connectivity index (χ4n) is 2.19. The highest BCUT2D eigenvalue weighted by atomic mass is 16.4. The fraction of sp³-hybridized carbons (Fsp3) is 0.364. The Hall–Kier alpha value is -2.11. The maximum Gasteiger partial charge on any atom is 0.308 e.